The smallest absolute Gasteiger partial charge is 0.133 e. The zero-order valence-corrected chi connectivity index (χ0v) is 15.2. The molecule has 4 saturated carbocycles. The van der Waals surface area contributed by atoms with Gasteiger partial charge < -0.3 is 5.11 Å². The number of hydrogen-bond acceptors (Lipinski definition) is 2. The van der Waals surface area contributed by atoms with E-state index >= 15 is 0 Å². The minimum atomic E-state index is -0.0490. The second-order valence-corrected chi connectivity index (χ2v) is 9.87. The van der Waals surface area contributed by atoms with Gasteiger partial charge in [0.15, 0.2) is 0 Å². The van der Waals surface area contributed by atoms with E-state index in [9.17, 15) is 9.90 Å². The van der Waals surface area contributed by atoms with Crippen LogP contribution in [-0.4, -0.2) is 17.0 Å². The van der Waals surface area contributed by atoms with Gasteiger partial charge in [0.25, 0.3) is 0 Å². The standard InChI is InChI=1S/C21H34O2/c1-13(22)17-6-7-18-16-5-4-14-12-15(23)8-10-20(14,2)19(16)9-11-21(17,18)3/h14-19,23H,4-12H2,1-3H3/t14?,15-,16-,17?,18-,19-,20-,21+/m0/s1. The molecule has 0 bridgehead atoms. The van der Waals surface area contributed by atoms with Crippen LogP contribution in [0.3, 0.4) is 0 Å². The average Bonchev–Trinajstić information content (AvgIpc) is 2.85. The Morgan fingerprint density at radius 2 is 1.61 bits per heavy atom. The molecule has 0 amide bonds. The normalized spacial score (nSPS) is 55.7. The van der Waals surface area contributed by atoms with Crippen LogP contribution in [0.25, 0.3) is 0 Å². The number of ketones is 1. The van der Waals surface area contributed by atoms with E-state index in [-0.39, 0.29) is 11.5 Å². The summed E-state index contributed by atoms with van der Waals surface area (Å²) in [6, 6.07) is 0. The van der Waals surface area contributed by atoms with E-state index in [1.807, 2.05) is 6.92 Å². The molecule has 0 aromatic heterocycles. The predicted octanol–water partition coefficient (Wildman–Crippen LogP) is 4.60. The molecule has 0 heterocycles. The fraction of sp³-hybridized carbons (Fsp3) is 0.952. The zero-order valence-electron chi connectivity index (χ0n) is 15.2. The van der Waals surface area contributed by atoms with Crippen LogP contribution < -0.4 is 0 Å². The van der Waals surface area contributed by atoms with Crippen LogP contribution in [0.5, 0.6) is 0 Å². The molecule has 1 N–H and O–H groups in total. The molecule has 4 aliphatic rings. The van der Waals surface area contributed by atoms with Crippen LogP contribution in [0, 0.1) is 40.4 Å². The van der Waals surface area contributed by atoms with Crippen molar-refractivity contribution < 1.29 is 9.90 Å². The van der Waals surface area contributed by atoms with Gasteiger partial charge >= 0.3 is 0 Å². The van der Waals surface area contributed by atoms with Gasteiger partial charge in [0.2, 0.25) is 0 Å². The number of Topliss-reactive ketones (excluding diaryl/α,β-unsaturated/α-hetero) is 1. The summed E-state index contributed by atoms with van der Waals surface area (Å²) in [4.78, 5) is 12.2. The predicted molar refractivity (Wildman–Crippen MR) is 91.9 cm³/mol. The van der Waals surface area contributed by atoms with Crippen molar-refractivity contribution in [2.24, 2.45) is 40.4 Å². The fourth-order valence-electron chi connectivity index (χ4n) is 7.90. The molecule has 2 nitrogen and oxygen atoms in total. The second kappa shape index (κ2) is 5.31. The fourth-order valence-corrected chi connectivity index (χ4v) is 7.90. The molecule has 4 aliphatic carbocycles. The molecule has 4 rings (SSSR count). The summed E-state index contributed by atoms with van der Waals surface area (Å²) in [5, 5.41) is 10.1. The van der Waals surface area contributed by atoms with Crippen molar-refractivity contribution in [1.29, 1.82) is 0 Å². The first-order valence-corrected chi connectivity index (χ1v) is 10.0. The lowest BCUT2D eigenvalue weighted by molar-refractivity contribution is -0.138. The van der Waals surface area contributed by atoms with Crippen molar-refractivity contribution in [1.82, 2.24) is 0 Å². The molecule has 130 valence electrons. The maximum atomic E-state index is 12.2. The van der Waals surface area contributed by atoms with Crippen LogP contribution in [0.2, 0.25) is 0 Å². The summed E-state index contributed by atoms with van der Waals surface area (Å²) in [6.07, 6.45) is 10.9. The van der Waals surface area contributed by atoms with Gasteiger partial charge in [-0.2, -0.15) is 0 Å². The topological polar surface area (TPSA) is 37.3 Å². The highest BCUT2D eigenvalue weighted by atomic mass is 16.3. The molecule has 2 unspecified atom stereocenters. The Bertz CT molecular complexity index is 500. The average molecular weight is 319 g/mol. The summed E-state index contributed by atoms with van der Waals surface area (Å²) in [5.41, 5.74) is 0.738. The van der Waals surface area contributed by atoms with Gasteiger partial charge in [-0.05, 0) is 99.2 Å². The summed E-state index contributed by atoms with van der Waals surface area (Å²) >= 11 is 0. The van der Waals surface area contributed by atoms with Crippen molar-refractivity contribution in [2.75, 3.05) is 0 Å². The molecule has 23 heavy (non-hydrogen) atoms. The maximum absolute atomic E-state index is 12.2. The van der Waals surface area contributed by atoms with Crippen LogP contribution in [0.1, 0.15) is 78.6 Å². The van der Waals surface area contributed by atoms with Gasteiger partial charge in [-0.25, -0.2) is 0 Å². The van der Waals surface area contributed by atoms with Crippen molar-refractivity contribution in [3.05, 3.63) is 0 Å². The first-order valence-electron chi connectivity index (χ1n) is 10.0. The minimum absolute atomic E-state index is 0.0490. The Morgan fingerprint density at radius 1 is 0.913 bits per heavy atom. The highest BCUT2D eigenvalue weighted by molar-refractivity contribution is 5.79. The quantitative estimate of drug-likeness (QED) is 0.767. The van der Waals surface area contributed by atoms with E-state index in [1.165, 1.54) is 38.5 Å². The Morgan fingerprint density at radius 3 is 2.35 bits per heavy atom. The van der Waals surface area contributed by atoms with Crippen molar-refractivity contribution in [2.45, 2.75) is 84.7 Å². The molecular weight excluding hydrogens is 284 g/mol. The number of carbonyl (C=O) groups excluding carboxylic acids is 1. The molecule has 2 heteroatoms. The van der Waals surface area contributed by atoms with E-state index in [0.29, 0.717) is 17.1 Å². The van der Waals surface area contributed by atoms with Gasteiger partial charge in [-0.3, -0.25) is 4.79 Å². The number of aliphatic hydroxyl groups is 1. The van der Waals surface area contributed by atoms with Gasteiger partial charge in [0.05, 0.1) is 6.10 Å². The van der Waals surface area contributed by atoms with Crippen LogP contribution >= 0.6 is 0 Å². The van der Waals surface area contributed by atoms with Crippen LogP contribution in [-0.2, 0) is 4.79 Å². The lowest BCUT2D eigenvalue weighted by Crippen LogP contribution is -2.54. The molecule has 0 aromatic rings. The molecule has 0 aromatic carbocycles. The third-order valence-electron chi connectivity index (χ3n) is 9.13. The molecule has 4 fully saturated rings. The molecule has 0 aliphatic heterocycles. The molecular formula is C21H34O2. The SMILES string of the molecule is CC(=O)C1CC[C@H]2[C@@H]3CCC4C[C@@H](O)CC[C@]4(C)[C@H]3CC[C@]12C. The van der Waals surface area contributed by atoms with Crippen molar-refractivity contribution in [3.63, 3.8) is 0 Å². The Balaban J connectivity index is 1.61. The molecule has 0 spiro atoms. The molecule has 0 saturated heterocycles. The zero-order chi connectivity index (χ0) is 16.4. The van der Waals surface area contributed by atoms with Gasteiger partial charge in [-0.15, -0.1) is 0 Å². The lowest BCUT2D eigenvalue weighted by atomic mass is 9.44. The highest BCUT2D eigenvalue weighted by Gasteiger charge is 2.60. The summed E-state index contributed by atoms with van der Waals surface area (Å²) in [7, 11) is 0. The van der Waals surface area contributed by atoms with E-state index in [0.717, 1.165) is 42.9 Å². The number of hydrogen-bond donors (Lipinski definition) is 1. The first-order chi connectivity index (χ1) is 10.9. The van der Waals surface area contributed by atoms with Crippen LogP contribution in [0.15, 0.2) is 0 Å². The molecule has 0 radical (unpaired) electrons. The number of carbonyl (C=O) groups is 1. The van der Waals surface area contributed by atoms with Crippen molar-refractivity contribution >= 4 is 5.78 Å². The Labute approximate surface area is 141 Å². The third-order valence-corrected chi connectivity index (χ3v) is 9.13. The van der Waals surface area contributed by atoms with Crippen LogP contribution in [0.4, 0.5) is 0 Å². The Kier molecular flexibility index (Phi) is 3.72. The minimum Gasteiger partial charge on any atom is -0.393 e. The largest absolute Gasteiger partial charge is 0.393 e. The number of rotatable bonds is 1. The first kappa shape index (κ1) is 16.1. The summed E-state index contributed by atoms with van der Waals surface area (Å²) < 4.78 is 0. The Hall–Kier alpha value is -0.370. The van der Waals surface area contributed by atoms with E-state index < -0.39 is 0 Å². The van der Waals surface area contributed by atoms with E-state index in [2.05, 4.69) is 13.8 Å². The lowest BCUT2D eigenvalue weighted by Gasteiger charge is -2.60. The summed E-state index contributed by atoms with van der Waals surface area (Å²) in [5.74, 6) is 3.97. The van der Waals surface area contributed by atoms with Gasteiger partial charge in [0, 0.05) is 5.92 Å². The summed E-state index contributed by atoms with van der Waals surface area (Å²) in [6.45, 7) is 6.80. The molecule has 8 atom stereocenters. The second-order valence-electron chi connectivity index (χ2n) is 9.87. The monoisotopic (exact) mass is 318 g/mol. The maximum Gasteiger partial charge on any atom is 0.133 e. The van der Waals surface area contributed by atoms with Gasteiger partial charge in [0.1, 0.15) is 5.78 Å². The number of fused-ring (bicyclic) bond motifs is 5. The van der Waals surface area contributed by atoms with Crippen molar-refractivity contribution in [3.8, 4) is 0 Å². The van der Waals surface area contributed by atoms with E-state index in [4.69, 9.17) is 0 Å². The third kappa shape index (κ3) is 2.19. The number of aliphatic hydroxyl groups excluding tert-OH is 1. The highest BCUT2D eigenvalue weighted by Crippen LogP contribution is 2.67. The van der Waals surface area contributed by atoms with E-state index in [1.54, 1.807) is 0 Å². The van der Waals surface area contributed by atoms with Gasteiger partial charge in [-0.1, -0.05) is 13.8 Å².